The lowest BCUT2D eigenvalue weighted by atomic mass is 9.97. The fraction of sp³-hybridized carbons (Fsp3) is 0.333. The molecule has 0 saturated heterocycles. The van der Waals surface area contributed by atoms with Gasteiger partial charge in [0, 0.05) is 13.0 Å². The highest BCUT2D eigenvalue weighted by molar-refractivity contribution is 5.94. The molecule has 0 saturated carbocycles. The van der Waals surface area contributed by atoms with Crippen LogP contribution in [0.25, 0.3) is 0 Å². The lowest BCUT2D eigenvalue weighted by Crippen LogP contribution is -2.14. The molecule has 1 amide bonds. The molecule has 2 heteroatoms. The van der Waals surface area contributed by atoms with E-state index in [9.17, 15) is 4.79 Å². The van der Waals surface area contributed by atoms with Crippen LogP contribution in [0.15, 0.2) is 18.2 Å². The zero-order valence-corrected chi connectivity index (χ0v) is 8.63. The highest BCUT2D eigenvalue weighted by Gasteiger charge is 2.08. The second kappa shape index (κ2) is 5.43. The third-order valence-corrected chi connectivity index (χ3v) is 2.27. The molecule has 74 valence electrons. The third-order valence-electron chi connectivity index (χ3n) is 2.27. The highest BCUT2D eigenvalue weighted by atomic mass is 16.1. The predicted octanol–water partition coefficient (Wildman–Crippen LogP) is 1.99. The van der Waals surface area contributed by atoms with E-state index in [4.69, 9.17) is 5.73 Å². The Morgan fingerprint density at radius 2 is 1.93 bits per heavy atom. The normalized spacial score (nSPS) is 9.29. The molecule has 0 spiro atoms. The fourth-order valence-corrected chi connectivity index (χ4v) is 1.61. The van der Waals surface area contributed by atoms with Crippen molar-refractivity contribution in [2.24, 2.45) is 5.73 Å². The second-order valence-electron chi connectivity index (χ2n) is 3.01. The Morgan fingerprint density at radius 3 is 2.36 bits per heavy atom. The number of hydrogen-bond donors (Lipinski definition) is 1. The molecule has 0 aliphatic rings. The molecule has 2 nitrogen and oxygen atoms in total. The summed E-state index contributed by atoms with van der Waals surface area (Å²) in [4.78, 5) is 11.1. The maximum absolute atomic E-state index is 11.1. The molecule has 0 unspecified atom stereocenters. The first-order valence-electron chi connectivity index (χ1n) is 4.61. The highest BCUT2D eigenvalue weighted by Crippen LogP contribution is 2.15. The molecule has 14 heavy (non-hydrogen) atoms. The van der Waals surface area contributed by atoms with Crippen molar-refractivity contribution in [3.05, 3.63) is 42.3 Å². The first-order valence-corrected chi connectivity index (χ1v) is 4.61. The zero-order valence-electron chi connectivity index (χ0n) is 8.63. The summed E-state index contributed by atoms with van der Waals surface area (Å²) in [5.41, 5.74) is 8.26. The van der Waals surface area contributed by atoms with E-state index in [2.05, 4.69) is 6.92 Å². The summed E-state index contributed by atoms with van der Waals surface area (Å²) < 4.78 is 0. The molecular weight excluding hydrogens is 174 g/mol. The van der Waals surface area contributed by atoms with E-state index >= 15 is 0 Å². The number of carbonyl (C=O) groups is 1. The molecule has 1 aromatic carbocycles. The minimum atomic E-state index is -0.327. The van der Waals surface area contributed by atoms with Crippen LogP contribution in [-0.4, -0.2) is 5.91 Å². The smallest absolute Gasteiger partial charge is 0.248 e. The van der Waals surface area contributed by atoms with Gasteiger partial charge in [0.25, 0.3) is 0 Å². The maximum atomic E-state index is 11.1. The van der Waals surface area contributed by atoms with Gasteiger partial charge in [0.05, 0.1) is 0 Å². The van der Waals surface area contributed by atoms with E-state index < -0.39 is 0 Å². The summed E-state index contributed by atoms with van der Waals surface area (Å²) in [5.74, 6) is -0.327. The number of amides is 1. The van der Waals surface area contributed by atoms with Crippen molar-refractivity contribution in [2.75, 3.05) is 0 Å². The molecule has 4 radical (unpaired) electrons. The van der Waals surface area contributed by atoms with Crippen molar-refractivity contribution in [1.29, 1.82) is 0 Å². The van der Waals surface area contributed by atoms with Gasteiger partial charge < -0.3 is 5.73 Å². The van der Waals surface area contributed by atoms with Gasteiger partial charge in [-0.3, -0.25) is 4.79 Å². The molecule has 0 atom stereocenters. The van der Waals surface area contributed by atoms with Crippen molar-refractivity contribution in [1.82, 2.24) is 0 Å². The maximum Gasteiger partial charge on any atom is 0.248 e. The topological polar surface area (TPSA) is 43.1 Å². The number of hydrogen-bond acceptors (Lipinski definition) is 1. The largest absolute Gasteiger partial charge is 0.366 e. The molecule has 1 rings (SSSR count). The van der Waals surface area contributed by atoms with Crippen molar-refractivity contribution in [3.8, 4) is 0 Å². The van der Waals surface area contributed by atoms with Gasteiger partial charge in [-0.2, -0.15) is 0 Å². The lowest BCUT2D eigenvalue weighted by Gasteiger charge is -2.09. The average molecular weight is 189 g/mol. The monoisotopic (exact) mass is 189 g/mol. The van der Waals surface area contributed by atoms with Gasteiger partial charge in [-0.05, 0) is 30.0 Å². The number of aryl methyl sites for hydroxylation is 1. The summed E-state index contributed by atoms with van der Waals surface area (Å²) >= 11 is 0. The van der Waals surface area contributed by atoms with Gasteiger partial charge in [-0.1, -0.05) is 26.0 Å². The summed E-state index contributed by atoms with van der Waals surface area (Å²) in [7, 11) is 0. The van der Waals surface area contributed by atoms with Gasteiger partial charge in [0.1, 0.15) is 0 Å². The lowest BCUT2D eigenvalue weighted by molar-refractivity contribution is 0.0999. The van der Waals surface area contributed by atoms with Crippen LogP contribution in [0.1, 0.15) is 35.3 Å². The summed E-state index contributed by atoms with van der Waals surface area (Å²) in [6.07, 6.45) is 1.81. The summed E-state index contributed by atoms with van der Waals surface area (Å²) in [5, 5.41) is 0. The summed E-state index contributed by atoms with van der Waals surface area (Å²) in [6.45, 7) is 4.13. The minimum Gasteiger partial charge on any atom is -0.366 e. The third kappa shape index (κ3) is 2.34. The van der Waals surface area contributed by atoms with Crippen LogP contribution in [-0.2, 0) is 12.8 Å². The van der Waals surface area contributed by atoms with Crippen LogP contribution in [0, 0.1) is 7.43 Å². The van der Waals surface area contributed by atoms with Crippen molar-refractivity contribution >= 4 is 5.91 Å². The van der Waals surface area contributed by atoms with E-state index in [-0.39, 0.29) is 13.3 Å². The Kier molecular flexibility index (Phi) is 4.92. The Morgan fingerprint density at radius 1 is 1.29 bits per heavy atom. The number of benzene rings is 1. The van der Waals surface area contributed by atoms with Crippen LogP contribution >= 0.6 is 0 Å². The Hall–Kier alpha value is -1.31. The standard InChI is InChI=1S/C11H15NO.C/c1-3-8-6-5-7-10(11(12)13)9(8)4-2;/h5-7H,3-4H2,1-2H3,(H2,12,13);. The molecular formula is C12H15NO. The van der Waals surface area contributed by atoms with E-state index in [1.165, 1.54) is 5.56 Å². The van der Waals surface area contributed by atoms with Gasteiger partial charge in [-0.15, -0.1) is 0 Å². The van der Waals surface area contributed by atoms with Crippen LogP contribution in [0.2, 0.25) is 0 Å². The van der Waals surface area contributed by atoms with Crippen LogP contribution in [0.3, 0.4) is 0 Å². The number of rotatable bonds is 3. The SMILES string of the molecule is CCc1cccc(C(N)=O)c1CC.[C]. The van der Waals surface area contributed by atoms with Gasteiger partial charge in [-0.25, -0.2) is 0 Å². The van der Waals surface area contributed by atoms with E-state index in [0.717, 1.165) is 18.4 Å². The van der Waals surface area contributed by atoms with E-state index in [0.29, 0.717) is 5.56 Å². The Labute approximate surface area is 86.1 Å². The van der Waals surface area contributed by atoms with Gasteiger partial charge in [0.2, 0.25) is 5.91 Å². The van der Waals surface area contributed by atoms with Crippen LogP contribution < -0.4 is 5.73 Å². The van der Waals surface area contributed by atoms with Crippen molar-refractivity contribution in [2.45, 2.75) is 26.7 Å². The molecule has 0 bridgehead atoms. The Bertz CT molecular complexity index is 318. The van der Waals surface area contributed by atoms with Crippen LogP contribution in [0.5, 0.6) is 0 Å². The molecule has 0 fully saturated rings. The van der Waals surface area contributed by atoms with Crippen molar-refractivity contribution in [3.63, 3.8) is 0 Å². The zero-order chi connectivity index (χ0) is 9.84. The predicted molar refractivity (Wildman–Crippen MR) is 57.0 cm³/mol. The quantitative estimate of drug-likeness (QED) is 0.776. The molecule has 0 aliphatic heterocycles. The second-order valence-corrected chi connectivity index (χ2v) is 3.01. The Balaban J connectivity index is 0.00000169. The number of carbonyl (C=O) groups excluding carboxylic acids is 1. The first-order chi connectivity index (χ1) is 6.20. The number of primary amides is 1. The molecule has 1 aromatic rings. The first kappa shape index (κ1) is 12.7. The molecule has 2 N–H and O–H groups in total. The van der Waals surface area contributed by atoms with Crippen molar-refractivity contribution < 1.29 is 4.79 Å². The molecule has 0 aliphatic carbocycles. The minimum absolute atomic E-state index is 0. The summed E-state index contributed by atoms with van der Waals surface area (Å²) in [6, 6.07) is 5.73. The van der Waals surface area contributed by atoms with Gasteiger partial charge >= 0.3 is 0 Å². The van der Waals surface area contributed by atoms with E-state index in [1.807, 2.05) is 19.1 Å². The number of nitrogens with two attached hydrogens (primary N) is 1. The molecule has 0 heterocycles. The van der Waals surface area contributed by atoms with E-state index in [1.54, 1.807) is 6.07 Å². The van der Waals surface area contributed by atoms with Gasteiger partial charge in [0.15, 0.2) is 0 Å². The average Bonchev–Trinajstić information content (AvgIpc) is 2.16. The fourth-order valence-electron chi connectivity index (χ4n) is 1.61. The van der Waals surface area contributed by atoms with Crippen LogP contribution in [0.4, 0.5) is 0 Å². The molecule has 0 aromatic heterocycles.